The van der Waals surface area contributed by atoms with Crippen LogP contribution < -0.4 is 0 Å². The summed E-state index contributed by atoms with van der Waals surface area (Å²) in [5.74, 6) is -1.57. The minimum Gasteiger partial charge on any atom is -0.490 e. The van der Waals surface area contributed by atoms with Crippen molar-refractivity contribution in [3.05, 3.63) is 12.3 Å². The highest BCUT2D eigenvalue weighted by Gasteiger charge is 2.49. The molecule has 0 radical (unpaired) electrons. The first kappa shape index (κ1) is 16.0. The summed E-state index contributed by atoms with van der Waals surface area (Å²) in [5.41, 5.74) is -1.28. The van der Waals surface area contributed by atoms with Crippen molar-refractivity contribution in [1.29, 1.82) is 0 Å². The number of esters is 3. The number of carbonyl (C=O) groups is 3. The van der Waals surface area contributed by atoms with Crippen molar-refractivity contribution in [2.75, 3.05) is 6.61 Å². The summed E-state index contributed by atoms with van der Waals surface area (Å²) in [5, 5.41) is 0. The summed E-state index contributed by atoms with van der Waals surface area (Å²) >= 11 is 0. The van der Waals surface area contributed by atoms with Crippen LogP contribution in [0.1, 0.15) is 27.7 Å². The number of rotatable bonds is 4. The van der Waals surface area contributed by atoms with Crippen molar-refractivity contribution in [3.63, 3.8) is 0 Å². The van der Waals surface area contributed by atoms with Crippen LogP contribution in [0, 0.1) is 0 Å². The Labute approximate surface area is 116 Å². The first-order chi connectivity index (χ1) is 9.25. The standard InChI is InChI=1S/C13H18O7/c1-8(14)18-7-12-13(4,20-10(3)16)11(5-6-17-12)19-9(2)15/h5-6,11-12H,7H2,1-4H3/t11-,12-,13?/m1/s1. The molecule has 1 heterocycles. The van der Waals surface area contributed by atoms with E-state index >= 15 is 0 Å². The van der Waals surface area contributed by atoms with Crippen LogP contribution in [0.5, 0.6) is 0 Å². The van der Waals surface area contributed by atoms with Gasteiger partial charge in [-0.2, -0.15) is 0 Å². The third kappa shape index (κ3) is 3.97. The fraction of sp³-hybridized carbons (Fsp3) is 0.615. The number of carbonyl (C=O) groups excluding carboxylic acids is 3. The van der Waals surface area contributed by atoms with Crippen LogP contribution in [-0.2, 0) is 33.3 Å². The Kier molecular flexibility index (Phi) is 5.12. The summed E-state index contributed by atoms with van der Waals surface area (Å²) in [6, 6.07) is 0. The van der Waals surface area contributed by atoms with Crippen LogP contribution in [0.2, 0.25) is 0 Å². The summed E-state index contributed by atoms with van der Waals surface area (Å²) < 4.78 is 20.6. The molecule has 3 atom stereocenters. The Hall–Kier alpha value is -2.05. The molecular formula is C13H18O7. The predicted octanol–water partition coefficient (Wildman–Crippen LogP) is 0.716. The van der Waals surface area contributed by atoms with E-state index in [0.29, 0.717) is 0 Å². The Bertz CT molecular complexity index is 428. The molecular weight excluding hydrogens is 268 g/mol. The van der Waals surface area contributed by atoms with Crippen LogP contribution in [0.25, 0.3) is 0 Å². The second-order valence-electron chi connectivity index (χ2n) is 4.56. The number of hydrogen-bond donors (Lipinski definition) is 0. The number of ether oxygens (including phenoxy) is 4. The molecule has 0 aromatic heterocycles. The first-order valence-electron chi connectivity index (χ1n) is 6.08. The highest BCUT2D eigenvalue weighted by molar-refractivity contribution is 5.68. The van der Waals surface area contributed by atoms with Crippen molar-refractivity contribution in [1.82, 2.24) is 0 Å². The zero-order chi connectivity index (χ0) is 15.3. The average molecular weight is 286 g/mol. The minimum atomic E-state index is -1.28. The van der Waals surface area contributed by atoms with E-state index in [2.05, 4.69) is 0 Å². The molecule has 1 aliphatic rings. The molecule has 0 N–H and O–H groups in total. The van der Waals surface area contributed by atoms with Crippen molar-refractivity contribution >= 4 is 17.9 Å². The maximum Gasteiger partial charge on any atom is 0.303 e. The molecule has 0 spiro atoms. The van der Waals surface area contributed by atoms with Gasteiger partial charge in [0.05, 0.1) is 6.26 Å². The summed E-state index contributed by atoms with van der Waals surface area (Å²) in [6.45, 7) is 5.17. The summed E-state index contributed by atoms with van der Waals surface area (Å²) in [4.78, 5) is 33.3. The van der Waals surface area contributed by atoms with E-state index in [0.717, 1.165) is 0 Å². The molecule has 20 heavy (non-hydrogen) atoms. The molecule has 7 heteroatoms. The first-order valence-corrected chi connectivity index (χ1v) is 6.08. The molecule has 1 rings (SSSR count). The van der Waals surface area contributed by atoms with Gasteiger partial charge in [-0.05, 0) is 13.0 Å². The highest BCUT2D eigenvalue weighted by atomic mass is 16.6. The van der Waals surface area contributed by atoms with Crippen LogP contribution >= 0.6 is 0 Å². The third-order valence-corrected chi connectivity index (χ3v) is 2.79. The van der Waals surface area contributed by atoms with Gasteiger partial charge in [-0.1, -0.05) is 0 Å². The molecule has 0 aromatic rings. The Morgan fingerprint density at radius 2 is 1.80 bits per heavy atom. The van der Waals surface area contributed by atoms with Crippen LogP contribution in [0.4, 0.5) is 0 Å². The van der Waals surface area contributed by atoms with E-state index < -0.39 is 35.7 Å². The monoisotopic (exact) mass is 286 g/mol. The van der Waals surface area contributed by atoms with Gasteiger partial charge in [0.15, 0.2) is 17.8 Å². The second kappa shape index (κ2) is 6.40. The quantitative estimate of drug-likeness (QED) is 0.555. The lowest BCUT2D eigenvalue weighted by Gasteiger charge is -2.41. The zero-order valence-electron chi connectivity index (χ0n) is 11.9. The average Bonchev–Trinajstić information content (AvgIpc) is 2.28. The predicted molar refractivity (Wildman–Crippen MR) is 66.4 cm³/mol. The summed E-state index contributed by atoms with van der Waals surface area (Å²) in [7, 11) is 0. The third-order valence-electron chi connectivity index (χ3n) is 2.79. The lowest BCUT2D eigenvalue weighted by molar-refractivity contribution is -0.205. The smallest absolute Gasteiger partial charge is 0.303 e. The van der Waals surface area contributed by atoms with Gasteiger partial charge in [0.1, 0.15) is 6.61 Å². The second-order valence-corrected chi connectivity index (χ2v) is 4.56. The minimum absolute atomic E-state index is 0.124. The van der Waals surface area contributed by atoms with Crippen molar-refractivity contribution in [2.45, 2.75) is 45.5 Å². The molecule has 1 aliphatic heterocycles. The molecule has 0 bridgehead atoms. The zero-order valence-corrected chi connectivity index (χ0v) is 11.9. The van der Waals surface area contributed by atoms with Crippen molar-refractivity contribution in [2.24, 2.45) is 0 Å². The van der Waals surface area contributed by atoms with Gasteiger partial charge >= 0.3 is 17.9 Å². The lowest BCUT2D eigenvalue weighted by Crippen LogP contribution is -2.57. The molecule has 0 aliphatic carbocycles. The maximum absolute atomic E-state index is 11.3. The van der Waals surface area contributed by atoms with Crippen molar-refractivity contribution in [3.8, 4) is 0 Å². The maximum atomic E-state index is 11.3. The van der Waals surface area contributed by atoms with E-state index in [1.165, 1.54) is 33.1 Å². The Balaban J connectivity index is 2.96. The highest BCUT2D eigenvalue weighted by Crippen LogP contribution is 2.31. The van der Waals surface area contributed by atoms with Gasteiger partial charge in [0, 0.05) is 20.8 Å². The van der Waals surface area contributed by atoms with Gasteiger partial charge in [0.25, 0.3) is 0 Å². The molecule has 0 aromatic carbocycles. The van der Waals surface area contributed by atoms with E-state index in [9.17, 15) is 14.4 Å². The fourth-order valence-electron chi connectivity index (χ4n) is 1.89. The van der Waals surface area contributed by atoms with Gasteiger partial charge in [-0.25, -0.2) is 0 Å². The molecule has 1 unspecified atom stereocenters. The molecule has 7 nitrogen and oxygen atoms in total. The van der Waals surface area contributed by atoms with E-state index in [1.54, 1.807) is 6.92 Å². The SMILES string of the molecule is CC(=O)OC[C@H]1OC=C[C@@H](OC(C)=O)C1(C)OC(C)=O. The van der Waals surface area contributed by atoms with Crippen molar-refractivity contribution < 1.29 is 33.3 Å². The number of hydrogen-bond acceptors (Lipinski definition) is 7. The lowest BCUT2D eigenvalue weighted by atomic mass is 9.90. The molecule has 0 saturated carbocycles. The van der Waals surface area contributed by atoms with Gasteiger partial charge < -0.3 is 18.9 Å². The Morgan fingerprint density at radius 3 is 2.30 bits per heavy atom. The van der Waals surface area contributed by atoms with Gasteiger partial charge in [0.2, 0.25) is 0 Å². The largest absolute Gasteiger partial charge is 0.490 e. The van der Waals surface area contributed by atoms with E-state index in [-0.39, 0.29) is 6.61 Å². The van der Waals surface area contributed by atoms with E-state index in [4.69, 9.17) is 18.9 Å². The normalized spacial score (nSPS) is 28.2. The molecule has 0 amide bonds. The van der Waals surface area contributed by atoms with E-state index in [1.807, 2.05) is 0 Å². The topological polar surface area (TPSA) is 88.1 Å². The molecule has 0 fully saturated rings. The van der Waals surface area contributed by atoms with Crippen LogP contribution in [0.3, 0.4) is 0 Å². The van der Waals surface area contributed by atoms with Crippen LogP contribution in [-0.4, -0.2) is 42.3 Å². The molecule has 0 saturated heterocycles. The van der Waals surface area contributed by atoms with Crippen LogP contribution in [0.15, 0.2) is 12.3 Å². The van der Waals surface area contributed by atoms with Gasteiger partial charge in [-0.3, -0.25) is 14.4 Å². The Morgan fingerprint density at radius 1 is 1.15 bits per heavy atom. The fourth-order valence-corrected chi connectivity index (χ4v) is 1.89. The molecule has 112 valence electrons. The summed E-state index contributed by atoms with van der Waals surface area (Å²) in [6.07, 6.45) is 1.20. The van der Waals surface area contributed by atoms with Gasteiger partial charge in [-0.15, -0.1) is 0 Å².